The Morgan fingerprint density at radius 3 is 2.62 bits per heavy atom. The first kappa shape index (κ1) is 19.9. The fourth-order valence-electron chi connectivity index (χ4n) is 2.87. The van der Waals surface area contributed by atoms with Crippen molar-refractivity contribution < 1.29 is 14.3 Å². The van der Waals surface area contributed by atoms with Gasteiger partial charge in [0.1, 0.15) is 17.6 Å². The summed E-state index contributed by atoms with van der Waals surface area (Å²) in [5, 5.41) is 15.4. The molecule has 1 N–H and O–H groups in total. The van der Waals surface area contributed by atoms with E-state index in [-0.39, 0.29) is 6.61 Å². The highest BCUT2D eigenvalue weighted by molar-refractivity contribution is 6.03. The molecule has 0 aliphatic carbocycles. The van der Waals surface area contributed by atoms with E-state index in [1.54, 1.807) is 31.4 Å². The lowest BCUT2D eigenvalue weighted by Crippen LogP contribution is -2.26. The number of nitriles is 1. The van der Waals surface area contributed by atoms with Gasteiger partial charge in [0, 0.05) is 0 Å². The van der Waals surface area contributed by atoms with Crippen molar-refractivity contribution >= 4 is 22.4 Å². The van der Waals surface area contributed by atoms with Crippen LogP contribution in [0.3, 0.4) is 0 Å². The largest absolute Gasteiger partial charge is 0.497 e. The van der Waals surface area contributed by atoms with Crippen LogP contribution < -0.4 is 14.9 Å². The van der Waals surface area contributed by atoms with E-state index in [1.165, 1.54) is 0 Å². The first-order valence-electron chi connectivity index (χ1n) is 9.20. The van der Waals surface area contributed by atoms with E-state index in [0.29, 0.717) is 17.7 Å². The van der Waals surface area contributed by atoms with Gasteiger partial charge in [-0.05, 0) is 53.1 Å². The maximum atomic E-state index is 12.1. The van der Waals surface area contributed by atoms with Crippen molar-refractivity contribution in [3.63, 3.8) is 0 Å². The summed E-state index contributed by atoms with van der Waals surface area (Å²) in [5.74, 6) is 0.781. The third kappa shape index (κ3) is 4.90. The van der Waals surface area contributed by atoms with Crippen LogP contribution in [0.4, 0.5) is 0 Å². The third-order valence-electron chi connectivity index (χ3n) is 4.40. The first-order valence-corrected chi connectivity index (χ1v) is 9.20. The van der Waals surface area contributed by atoms with Gasteiger partial charge < -0.3 is 9.47 Å². The predicted molar refractivity (Wildman–Crippen MR) is 112 cm³/mol. The Morgan fingerprint density at radius 1 is 1.10 bits per heavy atom. The zero-order valence-electron chi connectivity index (χ0n) is 16.3. The van der Waals surface area contributed by atoms with E-state index >= 15 is 0 Å². The molecule has 3 aromatic carbocycles. The lowest BCUT2D eigenvalue weighted by Gasteiger charge is -2.09. The van der Waals surface area contributed by atoms with E-state index in [1.807, 2.05) is 49.4 Å². The smallest absolute Gasteiger partial charge is 0.277 e. The van der Waals surface area contributed by atoms with Crippen molar-refractivity contribution in [1.82, 2.24) is 5.43 Å². The van der Waals surface area contributed by atoms with Gasteiger partial charge in [-0.3, -0.25) is 4.79 Å². The average molecular weight is 387 g/mol. The lowest BCUT2D eigenvalue weighted by atomic mass is 10.0. The Labute approximate surface area is 169 Å². The third-order valence-corrected chi connectivity index (χ3v) is 4.40. The van der Waals surface area contributed by atoms with Gasteiger partial charge in [0.2, 0.25) is 0 Å². The molecule has 0 aliphatic heterocycles. The highest BCUT2D eigenvalue weighted by atomic mass is 16.5. The van der Waals surface area contributed by atoms with Crippen molar-refractivity contribution in [2.75, 3.05) is 13.7 Å². The molecule has 146 valence electrons. The molecule has 0 aromatic heterocycles. The van der Waals surface area contributed by atoms with Crippen molar-refractivity contribution in [1.29, 1.82) is 5.26 Å². The number of hydrazone groups is 1. The fraction of sp³-hybridized carbons (Fsp3) is 0.174. The van der Waals surface area contributed by atoms with E-state index in [2.05, 4.69) is 10.5 Å². The number of amides is 1. The Kier molecular flexibility index (Phi) is 6.43. The predicted octanol–water partition coefficient (Wildman–Crippen LogP) is 4.03. The fourth-order valence-corrected chi connectivity index (χ4v) is 2.87. The summed E-state index contributed by atoms with van der Waals surface area (Å²) in [4.78, 5) is 12.1. The molecule has 0 saturated heterocycles. The van der Waals surface area contributed by atoms with Gasteiger partial charge in [0.25, 0.3) is 5.91 Å². The Morgan fingerprint density at radius 2 is 1.86 bits per heavy atom. The maximum absolute atomic E-state index is 12.1. The number of ether oxygens (including phenoxy) is 2. The monoisotopic (exact) mass is 387 g/mol. The maximum Gasteiger partial charge on any atom is 0.277 e. The molecule has 0 aliphatic rings. The summed E-state index contributed by atoms with van der Waals surface area (Å²) >= 11 is 0. The van der Waals surface area contributed by atoms with Gasteiger partial charge in [-0.15, -0.1) is 0 Å². The summed E-state index contributed by atoms with van der Waals surface area (Å²) in [6, 6.07) is 20.7. The summed E-state index contributed by atoms with van der Waals surface area (Å²) in [7, 11) is 1.64. The van der Waals surface area contributed by atoms with Crippen molar-refractivity contribution in [3.8, 4) is 17.6 Å². The molecule has 6 nitrogen and oxygen atoms in total. The normalized spacial score (nSPS) is 11.0. The van der Waals surface area contributed by atoms with Crippen LogP contribution in [0, 0.1) is 11.3 Å². The number of methoxy groups -OCH3 is 1. The minimum absolute atomic E-state index is 0.225. The van der Waals surface area contributed by atoms with Crippen molar-refractivity contribution in [3.05, 3.63) is 71.8 Å². The molecule has 3 aromatic rings. The number of para-hydroxylation sites is 1. The molecule has 0 radical (unpaired) electrons. The second-order valence-corrected chi connectivity index (χ2v) is 6.27. The van der Waals surface area contributed by atoms with Gasteiger partial charge in [-0.2, -0.15) is 10.4 Å². The Hall–Kier alpha value is -3.85. The summed E-state index contributed by atoms with van der Waals surface area (Å²) in [5.41, 5.74) is 4.60. The molecule has 0 unspecified atom stereocenters. The van der Waals surface area contributed by atoms with E-state index in [4.69, 9.17) is 14.7 Å². The summed E-state index contributed by atoms with van der Waals surface area (Å²) in [6.45, 7) is 1.75. The molecule has 0 bridgehead atoms. The molecule has 0 spiro atoms. The topological polar surface area (TPSA) is 83.7 Å². The van der Waals surface area contributed by atoms with Crippen LogP contribution in [-0.4, -0.2) is 25.3 Å². The van der Waals surface area contributed by atoms with E-state index in [0.717, 1.165) is 27.8 Å². The van der Waals surface area contributed by atoms with Crippen LogP contribution in [0.5, 0.6) is 11.5 Å². The van der Waals surface area contributed by atoms with Gasteiger partial charge in [-0.25, -0.2) is 5.43 Å². The number of hydrogen-bond donors (Lipinski definition) is 1. The number of carbonyl (C=O) groups is 1. The minimum Gasteiger partial charge on any atom is -0.497 e. The number of nitrogens with zero attached hydrogens (tertiary/aromatic N) is 2. The zero-order chi connectivity index (χ0) is 20.6. The first-order chi connectivity index (χ1) is 14.1. The van der Waals surface area contributed by atoms with Crippen LogP contribution in [0.1, 0.15) is 24.5 Å². The average Bonchev–Trinajstić information content (AvgIpc) is 2.77. The van der Waals surface area contributed by atoms with Gasteiger partial charge in [-0.1, -0.05) is 37.3 Å². The van der Waals surface area contributed by atoms with Gasteiger partial charge in [0.15, 0.2) is 6.61 Å². The molecule has 29 heavy (non-hydrogen) atoms. The van der Waals surface area contributed by atoms with Crippen LogP contribution in [-0.2, 0) is 4.79 Å². The minimum atomic E-state index is -0.394. The Balaban J connectivity index is 1.68. The number of hydrogen-bond acceptors (Lipinski definition) is 5. The molecular weight excluding hydrogens is 366 g/mol. The van der Waals surface area contributed by atoms with Crippen LogP contribution in [0.15, 0.2) is 65.8 Å². The van der Waals surface area contributed by atoms with Gasteiger partial charge in [0.05, 0.1) is 18.4 Å². The number of fused-ring (bicyclic) bond motifs is 1. The summed E-state index contributed by atoms with van der Waals surface area (Å²) < 4.78 is 10.7. The van der Waals surface area contributed by atoms with Crippen LogP contribution >= 0.6 is 0 Å². The highest BCUT2D eigenvalue weighted by Gasteiger charge is 2.08. The Bertz CT molecular complexity index is 1100. The number of carbonyl (C=O) groups excluding carboxylic acids is 1. The molecule has 1 amide bonds. The molecule has 0 heterocycles. The quantitative estimate of drug-likeness (QED) is 0.490. The molecule has 6 heteroatoms. The molecule has 0 atom stereocenters. The summed E-state index contributed by atoms with van der Waals surface area (Å²) in [6.07, 6.45) is 0.653. The SMILES string of the molecule is CC/C(=N/NC(=O)COc1ccccc1C#N)c1ccc2cc(OC)ccc2c1. The lowest BCUT2D eigenvalue weighted by molar-refractivity contribution is -0.123. The highest BCUT2D eigenvalue weighted by Crippen LogP contribution is 2.22. The van der Waals surface area contributed by atoms with Gasteiger partial charge >= 0.3 is 0 Å². The second-order valence-electron chi connectivity index (χ2n) is 6.27. The standard InChI is InChI=1S/C23H21N3O3/c1-3-21(18-9-8-17-13-20(28-2)11-10-16(17)12-18)25-26-23(27)15-29-22-7-5-4-6-19(22)14-24/h4-13H,3,15H2,1-2H3,(H,26,27)/b25-21-. The van der Waals surface area contributed by atoms with Crippen molar-refractivity contribution in [2.45, 2.75) is 13.3 Å². The number of benzene rings is 3. The van der Waals surface area contributed by atoms with Crippen LogP contribution in [0.2, 0.25) is 0 Å². The van der Waals surface area contributed by atoms with Crippen molar-refractivity contribution in [2.24, 2.45) is 5.10 Å². The molecule has 0 fully saturated rings. The molecular formula is C23H21N3O3. The van der Waals surface area contributed by atoms with E-state index in [9.17, 15) is 4.79 Å². The number of rotatable bonds is 7. The van der Waals surface area contributed by atoms with Crippen LogP contribution in [0.25, 0.3) is 10.8 Å². The second kappa shape index (κ2) is 9.38. The molecule has 0 saturated carbocycles. The zero-order valence-corrected chi connectivity index (χ0v) is 16.3. The van der Waals surface area contributed by atoms with E-state index < -0.39 is 5.91 Å². The number of nitrogens with one attached hydrogen (secondary N) is 1. The molecule has 3 rings (SSSR count).